The van der Waals surface area contributed by atoms with Crippen LogP contribution < -0.4 is 18.9 Å². The van der Waals surface area contributed by atoms with Gasteiger partial charge in [-0.25, -0.2) is 8.42 Å². The second-order valence-electron chi connectivity index (χ2n) is 10.4. The molecule has 6 aromatic rings. The summed E-state index contributed by atoms with van der Waals surface area (Å²) in [5.41, 5.74) is 2.33. The molecule has 6 nitrogen and oxygen atoms in total. The molecule has 0 heterocycles. The predicted molar refractivity (Wildman–Crippen MR) is 174 cm³/mol. The second-order valence-corrected chi connectivity index (χ2v) is 12.4. The Morgan fingerprint density at radius 3 is 0.711 bits per heavy atom. The molecule has 0 fully saturated rings. The fourth-order valence-electron chi connectivity index (χ4n) is 4.42. The summed E-state index contributed by atoms with van der Waals surface area (Å²) in [5.74, 6) is 5.11. The highest BCUT2D eigenvalue weighted by atomic mass is 32.2. The Bertz CT molecular complexity index is 1820. The van der Waals surface area contributed by atoms with Gasteiger partial charge in [0.05, 0.1) is 9.79 Å². The van der Waals surface area contributed by atoms with Crippen molar-refractivity contribution in [2.75, 3.05) is 0 Å². The molecule has 224 valence electrons. The third kappa shape index (κ3) is 7.52. The number of rotatable bonds is 10. The van der Waals surface area contributed by atoms with Gasteiger partial charge >= 0.3 is 0 Å². The standard InChI is InChI=1S/C38H30O6S/c1-27-3-7-29(8-4-27)41-31-11-15-33(16-12-31)43-35-19-23-37(24-20-35)45(39,40)38-25-21-36(22-26-38)44-34-17-13-32(14-18-34)42-30-9-5-28(2)6-10-30/h3-26H,1-2H3. The minimum atomic E-state index is -3.74. The van der Waals surface area contributed by atoms with Crippen LogP contribution in [0.25, 0.3) is 0 Å². The van der Waals surface area contributed by atoms with Crippen LogP contribution in [0.15, 0.2) is 155 Å². The summed E-state index contributed by atoms with van der Waals surface area (Å²) < 4.78 is 50.1. The van der Waals surface area contributed by atoms with E-state index in [0.717, 1.165) is 22.6 Å². The number of aryl methyl sites for hydroxylation is 2. The topological polar surface area (TPSA) is 71.1 Å². The van der Waals surface area contributed by atoms with Crippen molar-refractivity contribution in [1.29, 1.82) is 0 Å². The number of benzene rings is 6. The van der Waals surface area contributed by atoms with E-state index in [9.17, 15) is 8.42 Å². The van der Waals surface area contributed by atoms with Gasteiger partial charge in [0.15, 0.2) is 0 Å². The fourth-order valence-corrected chi connectivity index (χ4v) is 5.68. The molecule has 0 atom stereocenters. The Morgan fingerprint density at radius 1 is 0.311 bits per heavy atom. The number of sulfone groups is 1. The molecule has 0 bridgehead atoms. The fraction of sp³-hybridized carbons (Fsp3) is 0.0526. The lowest BCUT2D eigenvalue weighted by molar-refractivity contribution is 0.469. The van der Waals surface area contributed by atoms with E-state index in [1.54, 1.807) is 48.5 Å². The van der Waals surface area contributed by atoms with Crippen molar-refractivity contribution < 1.29 is 27.4 Å². The third-order valence-electron chi connectivity index (χ3n) is 6.90. The van der Waals surface area contributed by atoms with Gasteiger partial charge < -0.3 is 18.9 Å². The molecule has 0 aliphatic heterocycles. The molecular weight excluding hydrogens is 584 g/mol. The van der Waals surface area contributed by atoms with E-state index in [1.807, 2.05) is 86.6 Å². The van der Waals surface area contributed by atoms with Gasteiger partial charge in [-0.1, -0.05) is 35.4 Å². The number of hydrogen-bond donors (Lipinski definition) is 0. The summed E-state index contributed by atoms with van der Waals surface area (Å²) in [5, 5.41) is 0. The molecule has 7 heteroatoms. The maximum atomic E-state index is 13.3. The minimum Gasteiger partial charge on any atom is -0.457 e. The van der Waals surface area contributed by atoms with Crippen LogP contribution >= 0.6 is 0 Å². The van der Waals surface area contributed by atoms with Crippen molar-refractivity contribution >= 4 is 9.84 Å². The Balaban J connectivity index is 1.05. The van der Waals surface area contributed by atoms with E-state index in [1.165, 1.54) is 24.3 Å². The van der Waals surface area contributed by atoms with Gasteiger partial charge in [0.25, 0.3) is 0 Å². The first-order valence-corrected chi connectivity index (χ1v) is 15.8. The van der Waals surface area contributed by atoms with E-state index in [0.29, 0.717) is 34.5 Å². The lowest BCUT2D eigenvalue weighted by atomic mass is 10.2. The zero-order chi connectivity index (χ0) is 31.2. The third-order valence-corrected chi connectivity index (χ3v) is 8.69. The van der Waals surface area contributed by atoms with Gasteiger partial charge in [0, 0.05) is 0 Å². The summed E-state index contributed by atoms with van der Waals surface area (Å²) in [6.45, 7) is 4.05. The van der Waals surface area contributed by atoms with Crippen molar-refractivity contribution in [1.82, 2.24) is 0 Å². The van der Waals surface area contributed by atoms with E-state index in [2.05, 4.69) is 0 Å². The zero-order valence-electron chi connectivity index (χ0n) is 24.7. The molecule has 45 heavy (non-hydrogen) atoms. The average molecular weight is 615 g/mol. The van der Waals surface area contributed by atoms with Crippen molar-refractivity contribution in [2.45, 2.75) is 23.6 Å². The molecular formula is C38H30O6S. The largest absolute Gasteiger partial charge is 0.457 e. The van der Waals surface area contributed by atoms with Gasteiger partial charge in [0.1, 0.15) is 46.0 Å². The highest BCUT2D eigenvalue weighted by Gasteiger charge is 2.18. The normalized spacial score (nSPS) is 11.1. The molecule has 0 radical (unpaired) electrons. The second kappa shape index (κ2) is 13.0. The molecule has 0 spiro atoms. The van der Waals surface area contributed by atoms with Crippen molar-refractivity contribution in [3.8, 4) is 46.0 Å². The zero-order valence-corrected chi connectivity index (χ0v) is 25.5. The lowest BCUT2D eigenvalue weighted by Crippen LogP contribution is -2.01. The predicted octanol–water partition coefficient (Wildman–Crippen LogP) is 10.3. The van der Waals surface area contributed by atoms with Crippen LogP contribution in [0.5, 0.6) is 46.0 Å². The summed E-state index contributed by atoms with van der Waals surface area (Å²) in [6, 6.07) is 42.7. The Labute approximate surface area is 263 Å². The molecule has 6 rings (SSSR count). The Morgan fingerprint density at radius 2 is 0.489 bits per heavy atom. The van der Waals surface area contributed by atoms with Crippen LogP contribution in [0.3, 0.4) is 0 Å². The van der Waals surface area contributed by atoms with Crippen molar-refractivity contribution in [3.63, 3.8) is 0 Å². The quantitative estimate of drug-likeness (QED) is 0.153. The first-order chi connectivity index (χ1) is 21.8. The summed E-state index contributed by atoms with van der Waals surface area (Å²) in [6.07, 6.45) is 0. The monoisotopic (exact) mass is 614 g/mol. The van der Waals surface area contributed by atoms with Gasteiger partial charge in [0.2, 0.25) is 9.84 Å². The molecule has 0 amide bonds. The van der Waals surface area contributed by atoms with E-state index < -0.39 is 9.84 Å². The van der Waals surface area contributed by atoms with Crippen LogP contribution in [0.2, 0.25) is 0 Å². The molecule has 0 saturated heterocycles. The van der Waals surface area contributed by atoms with Crippen LogP contribution in [-0.2, 0) is 9.84 Å². The summed E-state index contributed by atoms with van der Waals surface area (Å²) in [7, 11) is -3.74. The average Bonchev–Trinajstić information content (AvgIpc) is 3.06. The van der Waals surface area contributed by atoms with Gasteiger partial charge in [-0.15, -0.1) is 0 Å². The van der Waals surface area contributed by atoms with Crippen molar-refractivity contribution in [2.24, 2.45) is 0 Å². The van der Waals surface area contributed by atoms with E-state index in [-0.39, 0.29) is 9.79 Å². The van der Waals surface area contributed by atoms with Crippen LogP contribution in [-0.4, -0.2) is 8.42 Å². The Kier molecular flexibility index (Phi) is 8.53. The highest BCUT2D eigenvalue weighted by molar-refractivity contribution is 7.91. The summed E-state index contributed by atoms with van der Waals surface area (Å²) >= 11 is 0. The molecule has 0 aromatic heterocycles. The van der Waals surface area contributed by atoms with E-state index in [4.69, 9.17) is 18.9 Å². The maximum absolute atomic E-state index is 13.3. The van der Waals surface area contributed by atoms with Crippen molar-refractivity contribution in [3.05, 3.63) is 157 Å². The molecule has 0 aliphatic rings. The smallest absolute Gasteiger partial charge is 0.206 e. The summed E-state index contributed by atoms with van der Waals surface area (Å²) in [4.78, 5) is 0.323. The molecule has 6 aromatic carbocycles. The first kappa shape index (κ1) is 29.5. The number of ether oxygens (including phenoxy) is 4. The highest BCUT2D eigenvalue weighted by Crippen LogP contribution is 2.31. The van der Waals surface area contributed by atoms with Crippen LogP contribution in [0.1, 0.15) is 11.1 Å². The maximum Gasteiger partial charge on any atom is 0.206 e. The molecule has 0 unspecified atom stereocenters. The molecule has 0 N–H and O–H groups in total. The van der Waals surface area contributed by atoms with E-state index >= 15 is 0 Å². The van der Waals surface area contributed by atoms with Crippen LogP contribution in [0, 0.1) is 13.8 Å². The molecule has 0 saturated carbocycles. The molecule has 0 aliphatic carbocycles. The van der Waals surface area contributed by atoms with Gasteiger partial charge in [-0.05, 0) is 135 Å². The minimum absolute atomic E-state index is 0.162. The Hall–Kier alpha value is -5.53. The van der Waals surface area contributed by atoms with Gasteiger partial charge in [-0.2, -0.15) is 0 Å². The lowest BCUT2D eigenvalue weighted by Gasteiger charge is -2.10. The van der Waals surface area contributed by atoms with Gasteiger partial charge in [-0.3, -0.25) is 0 Å². The first-order valence-electron chi connectivity index (χ1n) is 14.3. The number of hydrogen-bond acceptors (Lipinski definition) is 6. The van der Waals surface area contributed by atoms with Crippen LogP contribution in [0.4, 0.5) is 0 Å². The SMILES string of the molecule is Cc1ccc(Oc2ccc(Oc3ccc(S(=O)(=O)c4ccc(Oc5ccc(Oc6ccc(C)cc6)cc5)cc4)cc3)cc2)cc1.